The fourth-order valence-electron chi connectivity index (χ4n) is 2.51. The lowest BCUT2D eigenvalue weighted by Crippen LogP contribution is -2.31. The molecule has 1 N–H and O–H groups in total. The molecule has 1 heterocycles. The number of benzene rings is 2. The lowest BCUT2D eigenvalue weighted by molar-refractivity contribution is 0.0981. The summed E-state index contributed by atoms with van der Waals surface area (Å²) in [6, 6.07) is 13.1. The van der Waals surface area contributed by atoms with Crippen molar-refractivity contribution in [2.75, 3.05) is 0 Å². The van der Waals surface area contributed by atoms with Gasteiger partial charge < -0.3 is 0 Å². The first kappa shape index (κ1) is 18.2. The van der Waals surface area contributed by atoms with Gasteiger partial charge in [0.25, 0.3) is 15.9 Å². The van der Waals surface area contributed by atoms with Crippen molar-refractivity contribution in [3.05, 3.63) is 82.6 Å². The summed E-state index contributed by atoms with van der Waals surface area (Å²) in [5, 5.41) is 4.43. The van der Waals surface area contributed by atoms with Gasteiger partial charge in [0.05, 0.1) is 11.4 Å². The molecular formula is C18H16ClN3O3S. The van der Waals surface area contributed by atoms with Crippen LogP contribution in [0, 0.1) is 6.92 Å². The Hall–Kier alpha value is -2.64. The van der Waals surface area contributed by atoms with Crippen LogP contribution in [0.2, 0.25) is 5.02 Å². The molecule has 0 bridgehead atoms. The molecule has 0 aliphatic carbocycles. The number of carbonyl (C=O) groups excluding carboxylic acids is 1. The van der Waals surface area contributed by atoms with Crippen LogP contribution in [0.25, 0.3) is 0 Å². The van der Waals surface area contributed by atoms with E-state index >= 15 is 0 Å². The first-order valence-corrected chi connectivity index (χ1v) is 9.61. The second-order valence-electron chi connectivity index (χ2n) is 5.70. The van der Waals surface area contributed by atoms with Crippen LogP contribution in [0.4, 0.5) is 0 Å². The summed E-state index contributed by atoms with van der Waals surface area (Å²) in [5.41, 5.74) is 1.47. The van der Waals surface area contributed by atoms with Gasteiger partial charge in [-0.15, -0.1) is 0 Å². The van der Waals surface area contributed by atoms with Gasteiger partial charge in [0.1, 0.15) is 0 Å². The topological polar surface area (TPSA) is 81.1 Å². The van der Waals surface area contributed by atoms with E-state index in [1.165, 1.54) is 12.1 Å². The van der Waals surface area contributed by atoms with E-state index in [2.05, 4.69) is 9.82 Å². The number of amides is 1. The molecule has 0 saturated heterocycles. The van der Waals surface area contributed by atoms with E-state index in [1.807, 2.05) is 6.07 Å². The van der Waals surface area contributed by atoms with Gasteiger partial charge in [-0.1, -0.05) is 29.8 Å². The zero-order chi connectivity index (χ0) is 18.7. The maximum absolute atomic E-state index is 12.5. The molecule has 3 aromatic rings. The molecule has 0 unspecified atom stereocenters. The highest BCUT2D eigenvalue weighted by Gasteiger charge is 2.21. The molecule has 2 aromatic carbocycles. The van der Waals surface area contributed by atoms with Crippen LogP contribution in [-0.2, 0) is 16.6 Å². The van der Waals surface area contributed by atoms with Crippen LogP contribution in [-0.4, -0.2) is 24.1 Å². The molecule has 134 valence electrons. The summed E-state index contributed by atoms with van der Waals surface area (Å²) in [7, 11) is -4.03. The molecule has 3 rings (SSSR count). The van der Waals surface area contributed by atoms with Gasteiger partial charge in [-0.05, 0) is 48.4 Å². The first-order valence-electron chi connectivity index (χ1n) is 7.75. The van der Waals surface area contributed by atoms with Gasteiger partial charge in [0.2, 0.25) is 0 Å². The number of halogens is 1. The molecule has 6 nitrogen and oxygen atoms in total. The number of hydrogen-bond acceptors (Lipinski definition) is 4. The highest BCUT2D eigenvalue weighted by Crippen LogP contribution is 2.22. The Morgan fingerprint density at radius 1 is 1.19 bits per heavy atom. The third-order valence-electron chi connectivity index (χ3n) is 3.83. The van der Waals surface area contributed by atoms with E-state index in [0.717, 1.165) is 5.56 Å². The molecule has 0 spiro atoms. The van der Waals surface area contributed by atoms with Crippen LogP contribution in [0.5, 0.6) is 0 Å². The van der Waals surface area contributed by atoms with Gasteiger partial charge in [-0.2, -0.15) is 5.10 Å². The summed E-state index contributed by atoms with van der Waals surface area (Å²) in [6.07, 6.45) is 3.47. The number of rotatable bonds is 5. The predicted molar refractivity (Wildman–Crippen MR) is 98.6 cm³/mol. The molecular weight excluding hydrogens is 374 g/mol. The summed E-state index contributed by atoms with van der Waals surface area (Å²) in [5.74, 6) is -0.702. The summed E-state index contributed by atoms with van der Waals surface area (Å²) < 4.78 is 28.9. The van der Waals surface area contributed by atoms with Gasteiger partial charge in [-0.25, -0.2) is 13.1 Å². The maximum Gasteiger partial charge on any atom is 0.265 e. The van der Waals surface area contributed by atoms with E-state index in [4.69, 9.17) is 11.6 Å². The average molecular weight is 390 g/mol. The Morgan fingerprint density at radius 3 is 2.69 bits per heavy atom. The Balaban J connectivity index is 1.82. The Labute approximate surface area is 156 Å². The molecule has 26 heavy (non-hydrogen) atoms. The monoisotopic (exact) mass is 389 g/mol. The molecule has 0 fully saturated rings. The van der Waals surface area contributed by atoms with Gasteiger partial charge in [0.15, 0.2) is 0 Å². The smallest absolute Gasteiger partial charge is 0.265 e. The number of sulfonamides is 1. The molecule has 0 aliphatic rings. The van der Waals surface area contributed by atoms with Crippen molar-refractivity contribution in [3.8, 4) is 0 Å². The molecule has 8 heteroatoms. The first-order chi connectivity index (χ1) is 12.4. The fraction of sp³-hybridized carbons (Fsp3) is 0.111. The number of hydrogen-bond donors (Lipinski definition) is 1. The molecule has 0 aliphatic heterocycles. The minimum atomic E-state index is -4.03. The van der Waals surface area contributed by atoms with Gasteiger partial charge >= 0.3 is 0 Å². The van der Waals surface area contributed by atoms with Gasteiger partial charge in [0, 0.05) is 23.0 Å². The lowest BCUT2D eigenvalue weighted by Gasteiger charge is -2.11. The third kappa shape index (κ3) is 3.95. The van der Waals surface area contributed by atoms with E-state index in [9.17, 15) is 13.2 Å². The highest BCUT2D eigenvalue weighted by molar-refractivity contribution is 7.90. The Morgan fingerprint density at radius 2 is 1.96 bits per heavy atom. The van der Waals surface area contributed by atoms with E-state index < -0.39 is 15.9 Å². The van der Waals surface area contributed by atoms with Crippen molar-refractivity contribution in [1.29, 1.82) is 0 Å². The van der Waals surface area contributed by atoms with E-state index in [1.54, 1.807) is 54.3 Å². The molecule has 1 amide bonds. The number of nitrogens with zero attached hydrogens (tertiary/aromatic N) is 2. The lowest BCUT2D eigenvalue weighted by atomic mass is 10.1. The second-order valence-corrected chi connectivity index (χ2v) is 7.76. The van der Waals surface area contributed by atoms with Crippen molar-refractivity contribution in [2.24, 2.45) is 0 Å². The third-order valence-corrected chi connectivity index (χ3v) is 5.71. The van der Waals surface area contributed by atoms with Crippen LogP contribution < -0.4 is 4.72 Å². The summed E-state index contributed by atoms with van der Waals surface area (Å²) >= 11 is 5.98. The van der Waals surface area contributed by atoms with Crippen molar-refractivity contribution < 1.29 is 13.2 Å². The van der Waals surface area contributed by atoms with Crippen molar-refractivity contribution in [2.45, 2.75) is 18.4 Å². The quantitative estimate of drug-likeness (QED) is 0.727. The average Bonchev–Trinajstić information content (AvgIpc) is 3.10. The molecule has 1 aromatic heterocycles. The Kier molecular flexibility index (Phi) is 5.11. The van der Waals surface area contributed by atoms with E-state index in [0.29, 0.717) is 17.1 Å². The highest BCUT2D eigenvalue weighted by atomic mass is 35.5. The number of nitrogens with one attached hydrogen (secondary N) is 1. The predicted octanol–water partition coefficient (Wildman–Crippen LogP) is 3.01. The van der Waals surface area contributed by atoms with Crippen LogP contribution >= 0.6 is 11.6 Å². The summed E-state index contributed by atoms with van der Waals surface area (Å²) in [6.45, 7) is 2.07. The molecule has 0 radical (unpaired) electrons. The van der Waals surface area contributed by atoms with E-state index in [-0.39, 0.29) is 10.5 Å². The normalized spacial score (nSPS) is 11.3. The fourth-order valence-corrected chi connectivity index (χ4v) is 3.98. The van der Waals surface area contributed by atoms with Crippen molar-refractivity contribution in [3.63, 3.8) is 0 Å². The maximum atomic E-state index is 12.5. The minimum Gasteiger partial charge on any atom is -0.268 e. The number of aromatic nitrogens is 2. The van der Waals surface area contributed by atoms with Crippen LogP contribution in [0.3, 0.4) is 0 Å². The van der Waals surface area contributed by atoms with Crippen LogP contribution in [0.15, 0.2) is 65.8 Å². The van der Waals surface area contributed by atoms with Gasteiger partial charge in [-0.3, -0.25) is 9.48 Å². The zero-order valence-corrected chi connectivity index (χ0v) is 15.5. The van der Waals surface area contributed by atoms with Crippen molar-refractivity contribution >= 4 is 27.5 Å². The largest absolute Gasteiger partial charge is 0.268 e. The zero-order valence-electron chi connectivity index (χ0n) is 13.9. The Bertz CT molecular complexity index is 1050. The summed E-state index contributed by atoms with van der Waals surface area (Å²) in [4.78, 5) is 12.4. The molecule has 0 saturated carbocycles. The SMILES string of the molecule is Cc1c(Cl)cccc1S(=O)(=O)NC(=O)c1cccc(Cn2cccn2)c1. The standard InChI is InChI=1S/C18H16ClN3O3S/c1-13-16(19)7-3-8-17(13)26(24,25)21-18(23)15-6-2-5-14(11-15)12-22-10-4-9-20-22/h2-11H,12H2,1H3,(H,21,23). The van der Waals surface area contributed by atoms with Crippen molar-refractivity contribution in [1.82, 2.24) is 14.5 Å². The number of carbonyl (C=O) groups is 1. The second kappa shape index (κ2) is 7.31. The molecule has 0 atom stereocenters. The minimum absolute atomic E-state index is 0.0222. The van der Waals surface area contributed by atoms with Crippen LogP contribution in [0.1, 0.15) is 21.5 Å².